The van der Waals surface area contributed by atoms with Crippen LogP contribution in [0.1, 0.15) is 32.6 Å². The van der Waals surface area contributed by atoms with E-state index in [9.17, 15) is 5.11 Å². The van der Waals surface area contributed by atoms with E-state index < -0.39 is 0 Å². The quantitative estimate of drug-likeness (QED) is 0.658. The summed E-state index contributed by atoms with van der Waals surface area (Å²) in [5.41, 5.74) is 0.841. The Kier molecular flexibility index (Phi) is 1.45. The Morgan fingerprint density at radius 1 is 1.54 bits per heavy atom. The molecule has 0 radical (unpaired) electrons. The third-order valence-corrected chi connectivity index (χ3v) is 4.82. The van der Waals surface area contributed by atoms with Crippen molar-refractivity contribution in [3.63, 3.8) is 0 Å². The molecule has 1 aliphatic carbocycles. The maximum absolute atomic E-state index is 9.53. The number of aliphatic hydroxyl groups excluding tert-OH is 1. The lowest BCUT2D eigenvalue weighted by Gasteiger charge is -2.29. The van der Waals surface area contributed by atoms with Gasteiger partial charge >= 0.3 is 0 Å². The van der Waals surface area contributed by atoms with Crippen molar-refractivity contribution in [2.75, 3.05) is 19.7 Å². The molecule has 2 aliphatic heterocycles. The van der Waals surface area contributed by atoms with Crippen LogP contribution in [-0.2, 0) is 0 Å². The lowest BCUT2D eigenvalue weighted by atomic mass is 9.88. The zero-order valence-corrected chi connectivity index (χ0v) is 8.42. The lowest BCUT2D eigenvalue weighted by Crippen LogP contribution is -2.41. The molecule has 2 nitrogen and oxygen atoms in total. The lowest BCUT2D eigenvalue weighted by molar-refractivity contribution is 0.0997. The molecule has 0 bridgehead atoms. The first kappa shape index (κ1) is 8.25. The largest absolute Gasteiger partial charge is 0.394 e. The normalized spacial score (nSPS) is 54.5. The number of hydrogen-bond donors (Lipinski definition) is 1. The maximum atomic E-state index is 9.53. The van der Waals surface area contributed by atoms with Crippen LogP contribution in [0, 0.1) is 11.3 Å². The molecule has 2 heteroatoms. The van der Waals surface area contributed by atoms with Crippen LogP contribution in [0.2, 0.25) is 0 Å². The third-order valence-electron chi connectivity index (χ3n) is 4.82. The number of hydrogen-bond acceptors (Lipinski definition) is 2. The molecule has 0 aromatic heterocycles. The Balaban J connectivity index is 1.86. The van der Waals surface area contributed by atoms with Crippen LogP contribution in [0.25, 0.3) is 0 Å². The van der Waals surface area contributed by atoms with Crippen LogP contribution in [0.3, 0.4) is 0 Å². The van der Waals surface area contributed by atoms with Crippen LogP contribution < -0.4 is 0 Å². The smallest absolute Gasteiger partial charge is 0.0615 e. The molecule has 1 spiro atoms. The van der Waals surface area contributed by atoms with Crippen molar-refractivity contribution in [3.8, 4) is 0 Å². The zero-order valence-electron chi connectivity index (χ0n) is 8.42. The van der Waals surface area contributed by atoms with Gasteiger partial charge in [0.2, 0.25) is 0 Å². The van der Waals surface area contributed by atoms with Gasteiger partial charge in [-0.25, -0.2) is 0 Å². The Morgan fingerprint density at radius 2 is 2.31 bits per heavy atom. The average molecular weight is 181 g/mol. The molecule has 0 aromatic rings. The summed E-state index contributed by atoms with van der Waals surface area (Å²) in [5.74, 6) is 0.918. The van der Waals surface area contributed by atoms with Gasteiger partial charge in [0.05, 0.1) is 6.61 Å². The average Bonchev–Trinajstić information content (AvgIpc) is 2.43. The fourth-order valence-corrected chi connectivity index (χ4v) is 3.79. The molecule has 1 N–H and O–H groups in total. The number of rotatable bonds is 1. The predicted molar refractivity (Wildman–Crippen MR) is 51.5 cm³/mol. The molecular formula is C11H19NO. The minimum Gasteiger partial charge on any atom is -0.394 e. The highest BCUT2D eigenvalue weighted by Gasteiger charge is 2.63. The number of aliphatic hydroxyl groups is 1. The molecule has 3 atom stereocenters. The minimum atomic E-state index is 0.213. The van der Waals surface area contributed by atoms with E-state index in [1.54, 1.807) is 0 Å². The summed E-state index contributed by atoms with van der Waals surface area (Å²) in [6.45, 7) is 5.26. The molecule has 3 rings (SSSR count). The summed E-state index contributed by atoms with van der Waals surface area (Å²) in [4.78, 5) is 2.57. The number of fused-ring (bicyclic) bond motifs is 1. The molecule has 2 saturated heterocycles. The standard InChI is InChI=1S/C11H19NO/c1-9-5-10(9)6-11(8-13)3-2-4-12(11)7-10/h9,13H,2-8H2,1H3/t9?,10-,11+/m1/s1. The van der Waals surface area contributed by atoms with Gasteiger partial charge in [-0.2, -0.15) is 0 Å². The van der Waals surface area contributed by atoms with Crippen LogP contribution in [0.4, 0.5) is 0 Å². The number of nitrogens with zero attached hydrogens (tertiary/aromatic N) is 1. The second-order valence-electron chi connectivity index (χ2n) is 5.55. The highest BCUT2D eigenvalue weighted by molar-refractivity contribution is 5.16. The molecule has 1 unspecified atom stereocenters. The molecule has 74 valence electrons. The molecule has 13 heavy (non-hydrogen) atoms. The summed E-state index contributed by atoms with van der Waals surface area (Å²) in [7, 11) is 0. The van der Waals surface area contributed by atoms with Gasteiger partial charge < -0.3 is 5.11 Å². The first-order valence-electron chi connectivity index (χ1n) is 5.57. The zero-order chi connectivity index (χ0) is 9.10. The van der Waals surface area contributed by atoms with Gasteiger partial charge in [0, 0.05) is 12.1 Å². The van der Waals surface area contributed by atoms with Crippen molar-refractivity contribution in [1.29, 1.82) is 0 Å². The summed E-state index contributed by atoms with van der Waals surface area (Å²) >= 11 is 0. The highest BCUT2D eigenvalue weighted by Crippen LogP contribution is 2.64. The molecule has 0 aromatic carbocycles. The molecule has 3 fully saturated rings. The van der Waals surface area contributed by atoms with E-state index in [0.717, 1.165) is 5.92 Å². The van der Waals surface area contributed by atoms with Crippen molar-refractivity contribution >= 4 is 0 Å². The first-order valence-corrected chi connectivity index (χ1v) is 5.57. The summed E-state index contributed by atoms with van der Waals surface area (Å²) in [6, 6.07) is 0. The van der Waals surface area contributed by atoms with Gasteiger partial charge in [-0.1, -0.05) is 6.92 Å². The van der Waals surface area contributed by atoms with E-state index >= 15 is 0 Å². The fraction of sp³-hybridized carbons (Fsp3) is 1.00. The first-order chi connectivity index (χ1) is 6.21. The molecule has 3 aliphatic rings. The third kappa shape index (κ3) is 0.909. The van der Waals surface area contributed by atoms with Gasteiger partial charge in [0.15, 0.2) is 0 Å². The van der Waals surface area contributed by atoms with E-state index in [-0.39, 0.29) is 5.54 Å². The van der Waals surface area contributed by atoms with Crippen molar-refractivity contribution in [2.24, 2.45) is 11.3 Å². The second kappa shape index (κ2) is 2.29. The van der Waals surface area contributed by atoms with Crippen molar-refractivity contribution in [3.05, 3.63) is 0 Å². The minimum absolute atomic E-state index is 0.213. The molecule has 2 heterocycles. The van der Waals surface area contributed by atoms with Gasteiger partial charge in [-0.3, -0.25) is 4.90 Å². The van der Waals surface area contributed by atoms with E-state index in [1.165, 1.54) is 38.8 Å². The van der Waals surface area contributed by atoms with Crippen LogP contribution >= 0.6 is 0 Å². The summed E-state index contributed by atoms with van der Waals surface area (Å²) in [6.07, 6.45) is 5.21. The summed E-state index contributed by atoms with van der Waals surface area (Å²) < 4.78 is 0. The molecule has 1 saturated carbocycles. The van der Waals surface area contributed by atoms with Crippen LogP contribution in [-0.4, -0.2) is 35.2 Å². The van der Waals surface area contributed by atoms with Crippen molar-refractivity contribution in [1.82, 2.24) is 4.90 Å². The van der Waals surface area contributed by atoms with Gasteiger partial charge in [0.1, 0.15) is 0 Å². The van der Waals surface area contributed by atoms with E-state index in [1.807, 2.05) is 0 Å². The topological polar surface area (TPSA) is 23.5 Å². The van der Waals surface area contributed by atoms with Crippen molar-refractivity contribution in [2.45, 2.75) is 38.1 Å². The highest BCUT2D eigenvalue weighted by atomic mass is 16.3. The fourth-order valence-electron chi connectivity index (χ4n) is 3.79. The van der Waals surface area contributed by atoms with Gasteiger partial charge in [-0.15, -0.1) is 0 Å². The molecular weight excluding hydrogens is 162 g/mol. The Hall–Kier alpha value is -0.0800. The Labute approximate surface area is 79.9 Å². The monoisotopic (exact) mass is 181 g/mol. The summed E-state index contributed by atoms with van der Waals surface area (Å²) in [5, 5.41) is 9.53. The maximum Gasteiger partial charge on any atom is 0.0615 e. The van der Waals surface area contributed by atoms with E-state index in [4.69, 9.17) is 0 Å². The van der Waals surface area contributed by atoms with Crippen molar-refractivity contribution < 1.29 is 5.11 Å². The Morgan fingerprint density at radius 3 is 2.85 bits per heavy atom. The van der Waals surface area contributed by atoms with Gasteiger partial charge in [-0.05, 0) is 43.6 Å². The predicted octanol–water partition coefficient (Wildman–Crippen LogP) is 1.24. The van der Waals surface area contributed by atoms with E-state index in [0.29, 0.717) is 12.0 Å². The second-order valence-corrected chi connectivity index (χ2v) is 5.55. The van der Waals surface area contributed by atoms with Gasteiger partial charge in [0.25, 0.3) is 0 Å². The van der Waals surface area contributed by atoms with E-state index in [2.05, 4.69) is 11.8 Å². The Bertz CT molecular complexity index is 242. The SMILES string of the molecule is CC1C[C@@]12CN1CCC[C@@]1(CO)C2. The molecule has 0 amide bonds. The van der Waals surface area contributed by atoms with Crippen LogP contribution in [0.15, 0.2) is 0 Å². The van der Waals surface area contributed by atoms with Crippen LogP contribution in [0.5, 0.6) is 0 Å².